The summed E-state index contributed by atoms with van der Waals surface area (Å²) in [5.74, 6) is 0.303. The monoisotopic (exact) mass is 438 g/mol. The highest BCUT2D eigenvalue weighted by Crippen LogP contribution is 2.45. The van der Waals surface area contributed by atoms with Gasteiger partial charge < -0.3 is 10.1 Å². The summed E-state index contributed by atoms with van der Waals surface area (Å²) in [6.45, 7) is 0. The van der Waals surface area contributed by atoms with Crippen LogP contribution in [0.5, 0.6) is 5.75 Å². The van der Waals surface area contributed by atoms with Gasteiger partial charge in [0.05, 0.1) is 28.7 Å². The lowest BCUT2D eigenvalue weighted by Crippen LogP contribution is -2.11. The molecule has 6 nitrogen and oxygen atoms in total. The molecule has 0 aliphatic rings. The number of benzene rings is 4. The van der Waals surface area contributed by atoms with E-state index in [1.807, 2.05) is 36.4 Å². The summed E-state index contributed by atoms with van der Waals surface area (Å²) in [6, 6.07) is 26.5. The minimum absolute atomic E-state index is 0.108. The second-order valence-corrected chi connectivity index (χ2v) is 7.37. The molecule has 1 N–H and O–H groups in total. The number of ketones is 1. The van der Waals surface area contributed by atoms with Gasteiger partial charge in [0.2, 0.25) is 0 Å². The Morgan fingerprint density at radius 1 is 0.879 bits per heavy atom. The molecule has 0 aromatic heterocycles. The van der Waals surface area contributed by atoms with Gasteiger partial charge in [0.15, 0.2) is 5.78 Å². The smallest absolute Gasteiger partial charge is 0.285 e. The minimum atomic E-state index is -0.408. The number of carbonyl (C=O) groups is 1. The van der Waals surface area contributed by atoms with Gasteiger partial charge in [-0.3, -0.25) is 14.9 Å². The van der Waals surface area contributed by atoms with E-state index in [0.29, 0.717) is 33.7 Å². The Balaban J connectivity index is 2.08. The van der Waals surface area contributed by atoms with Crippen LogP contribution in [0, 0.1) is 10.1 Å². The number of nitrogens with zero attached hydrogens (tertiary/aromatic N) is 1. The van der Waals surface area contributed by atoms with Crippen molar-refractivity contribution in [3.63, 3.8) is 0 Å². The Labute approximate surface area is 191 Å². The van der Waals surface area contributed by atoms with Crippen molar-refractivity contribution in [2.75, 3.05) is 19.5 Å². The third-order valence-corrected chi connectivity index (χ3v) is 5.48. The summed E-state index contributed by atoms with van der Waals surface area (Å²) < 4.78 is 5.19. The number of carbonyl (C=O) groups excluding carboxylic acids is 1. The number of nitro groups is 1. The SMILES string of the molecule is CNc1cc(-c2ccccc2)c([N+](=O)[O-])c(-c2ccccc2)c1C(=O)c1ccc(OC)cc1. The maximum atomic E-state index is 13.7. The zero-order valence-electron chi connectivity index (χ0n) is 18.2. The van der Waals surface area contributed by atoms with Crippen molar-refractivity contribution < 1.29 is 14.5 Å². The molecular formula is C27H22N2O4. The van der Waals surface area contributed by atoms with E-state index in [4.69, 9.17) is 4.74 Å². The first kappa shape index (κ1) is 21.8. The predicted octanol–water partition coefficient (Wildman–Crippen LogP) is 6.21. The summed E-state index contributed by atoms with van der Waals surface area (Å²) >= 11 is 0. The van der Waals surface area contributed by atoms with Crippen LogP contribution in [0.25, 0.3) is 22.3 Å². The molecule has 4 aromatic rings. The number of hydrogen-bond donors (Lipinski definition) is 1. The molecule has 0 atom stereocenters. The van der Waals surface area contributed by atoms with Gasteiger partial charge >= 0.3 is 0 Å². The maximum Gasteiger partial charge on any atom is 0.285 e. The second-order valence-electron chi connectivity index (χ2n) is 7.37. The van der Waals surface area contributed by atoms with Crippen molar-refractivity contribution in [2.24, 2.45) is 0 Å². The van der Waals surface area contributed by atoms with E-state index in [1.54, 1.807) is 68.8 Å². The van der Waals surface area contributed by atoms with Gasteiger partial charge in [-0.15, -0.1) is 0 Å². The highest BCUT2D eigenvalue weighted by molar-refractivity contribution is 6.18. The molecule has 0 aliphatic carbocycles. The fourth-order valence-corrected chi connectivity index (χ4v) is 3.91. The third-order valence-electron chi connectivity index (χ3n) is 5.48. The molecule has 0 saturated carbocycles. The number of hydrogen-bond acceptors (Lipinski definition) is 5. The molecule has 0 fully saturated rings. The third kappa shape index (κ3) is 4.19. The van der Waals surface area contributed by atoms with Crippen LogP contribution in [-0.2, 0) is 0 Å². The highest BCUT2D eigenvalue weighted by Gasteiger charge is 2.31. The van der Waals surface area contributed by atoms with E-state index in [1.165, 1.54) is 0 Å². The van der Waals surface area contributed by atoms with Crippen molar-refractivity contribution in [3.05, 3.63) is 112 Å². The first-order valence-corrected chi connectivity index (χ1v) is 10.4. The predicted molar refractivity (Wildman–Crippen MR) is 130 cm³/mol. The molecule has 0 spiro atoms. The van der Waals surface area contributed by atoms with E-state index in [2.05, 4.69) is 5.32 Å². The van der Waals surface area contributed by atoms with Crippen LogP contribution in [0.3, 0.4) is 0 Å². The van der Waals surface area contributed by atoms with E-state index < -0.39 is 4.92 Å². The Bertz CT molecular complexity index is 1300. The van der Waals surface area contributed by atoms with Crippen LogP contribution < -0.4 is 10.1 Å². The largest absolute Gasteiger partial charge is 0.497 e. The summed E-state index contributed by atoms with van der Waals surface area (Å²) in [5, 5.41) is 15.5. The molecule has 0 amide bonds. The first-order valence-electron chi connectivity index (χ1n) is 10.4. The van der Waals surface area contributed by atoms with Gasteiger partial charge in [-0.1, -0.05) is 60.7 Å². The molecular weight excluding hydrogens is 416 g/mol. The van der Waals surface area contributed by atoms with Crippen LogP contribution in [0.15, 0.2) is 91.0 Å². The van der Waals surface area contributed by atoms with Crippen LogP contribution in [0.4, 0.5) is 11.4 Å². The number of nitro benzene ring substituents is 1. The number of methoxy groups -OCH3 is 1. The Hall–Kier alpha value is -4.45. The maximum absolute atomic E-state index is 13.7. The number of nitrogens with one attached hydrogen (secondary N) is 1. The first-order chi connectivity index (χ1) is 16.0. The highest BCUT2D eigenvalue weighted by atomic mass is 16.6. The van der Waals surface area contributed by atoms with Crippen molar-refractivity contribution in [1.29, 1.82) is 0 Å². The zero-order chi connectivity index (χ0) is 23.4. The Kier molecular flexibility index (Phi) is 6.17. The van der Waals surface area contributed by atoms with Gasteiger partial charge in [-0.05, 0) is 41.5 Å². The summed E-state index contributed by atoms with van der Waals surface area (Å²) in [6.07, 6.45) is 0. The van der Waals surface area contributed by atoms with Gasteiger partial charge in [-0.25, -0.2) is 0 Å². The van der Waals surface area contributed by atoms with E-state index in [0.717, 1.165) is 0 Å². The average Bonchev–Trinajstić information content (AvgIpc) is 2.88. The van der Waals surface area contributed by atoms with Gasteiger partial charge in [-0.2, -0.15) is 0 Å². The number of anilines is 1. The molecule has 0 heterocycles. The Morgan fingerprint density at radius 2 is 1.45 bits per heavy atom. The molecule has 0 bridgehead atoms. The normalized spacial score (nSPS) is 10.5. The fourth-order valence-electron chi connectivity index (χ4n) is 3.91. The molecule has 33 heavy (non-hydrogen) atoms. The lowest BCUT2D eigenvalue weighted by molar-refractivity contribution is -0.383. The van der Waals surface area contributed by atoms with Gasteiger partial charge in [0, 0.05) is 18.3 Å². The van der Waals surface area contributed by atoms with Crippen LogP contribution in [0.2, 0.25) is 0 Å². The molecule has 0 aliphatic heterocycles. The van der Waals surface area contributed by atoms with Gasteiger partial charge in [0.25, 0.3) is 5.69 Å². The van der Waals surface area contributed by atoms with Crippen molar-refractivity contribution >= 4 is 17.2 Å². The number of ether oxygens (including phenoxy) is 1. The summed E-state index contributed by atoms with van der Waals surface area (Å²) in [5.41, 5.74) is 3.08. The second kappa shape index (κ2) is 9.36. The lowest BCUT2D eigenvalue weighted by atomic mass is 9.87. The quantitative estimate of drug-likeness (QED) is 0.211. The topological polar surface area (TPSA) is 81.5 Å². The van der Waals surface area contributed by atoms with Gasteiger partial charge in [0.1, 0.15) is 5.75 Å². The van der Waals surface area contributed by atoms with Crippen LogP contribution in [-0.4, -0.2) is 24.9 Å². The average molecular weight is 438 g/mol. The molecule has 4 aromatic carbocycles. The van der Waals surface area contributed by atoms with Crippen molar-refractivity contribution in [3.8, 4) is 28.0 Å². The van der Waals surface area contributed by atoms with E-state index >= 15 is 0 Å². The minimum Gasteiger partial charge on any atom is -0.497 e. The van der Waals surface area contributed by atoms with Crippen molar-refractivity contribution in [1.82, 2.24) is 0 Å². The molecule has 4 rings (SSSR count). The standard InChI is InChI=1S/C27H22N2O4/c1-28-23-17-22(18-9-5-3-6-10-18)26(29(31)32)24(19-11-7-4-8-12-19)25(23)27(30)20-13-15-21(33-2)16-14-20/h3-17,28H,1-2H3. The van der Waals surface area contributed by atoms with Crippen LogP contribution in [0.1, 0.15) is 15.9 Å². The Morgan fingerprint density at radius 3 is 1.97 bits per heavy atom. The molecule has 0 radical (unpaired) electrons. The fraction of sp³-hybridized carbons (Fsp3) is 0.0741. The zero-order valence-corrected chi connectivity index (χ0v) is 18.2. The van der Waals surface area contributed by atoms with E-state index in [-0.39, 0.29) is 22.6 Å². The summed E-state index contributed by atoms with van der Waals surface area (Å²) in [7, 11) is 3.25. The number of rotatable bonds is 7. The van der Waals surface area contributed by atoms with E-state index in [9.17, 15) is 14.9 Å². The molecule has 0 unspecified atom stereocenters. The van der Waals surface area contributed by atoms with Crippen LogP contribution >= 0.6 is 0 Å². The lowest BCUT2D eigenvalue weighted by Gasteiger charge is -2.18. The summed E-state index contributed by atoms with van der Waals surface area (Å²) in [4.78, 5) is 25.8. The molecule has 0 saturated heterocycles. The van der Waals surface area contributed by atoms with Crippen molar-refractivity contribution in [2.45, 2.75) is 0 Å². The molecule has 6 heteroatoms. The molecule has 164 valence electrons.